The van der Waals surface area contributed by atoms with Crippen LogP contribution < -0.4 is 16.0 Å². The molecule has 1 saturated heterocycles. The largest absolute Gasteiger partial charge is 0.378 e. The highest BCUT2D eigenvalue weighted by atomic mass is 16.5. The van der Waals surface area contributed by atoms with Crippen molar-refractivity contribution in [1.82, 2.24) is 20.8 Å². The molecule has 0 saturated carbocycles. The zero-order chi connectivity index (χ0) is 13.5. The number of hydrogen-bond acceptors (Lipinski definition) is 6. The van der Waals surface area contributed by atoms with Crippen LogP contribution in [0.4, 0.5) is 5.82 Å². The molecule has 1 unspecified atom stereocenters. The first-order chi connectivity index (χ1) is 9.29. The second-order valence-electron chi connectivity index (χ2n) is 4.27. The Hall–Kier alpha value is -1.73. The Labute approximate surface area is 112 Å². The Balaban J connectivity index is 1.82. The van der Waals surface area contributed by atoms with Crippen molar-refractivity contribution in [3.8, 4) is 0 Å². The molecule has 0 bridgehead atoms. The number of aromatic nitrogens is 2. The van der Waals surface area contributed by atoms with E-state index in [0.717, 1.165) is 19.7 Å². The quantitative estimate of drug-likeness (QED) is 0.673. The van der Waals surface area contributed by atoms with Crippen molar-refractivity contribution < 1.29 is 9.53 Å². The van der Waals surface area contributed by atoms with Crippen LogP contribution in [0.2, 0.25) is 0 Å². The first kappa shape index (κ1) is 13.7. The maximum atomic E-state index is 11.5. The number of nitrogens with zero attached hydrogens (tertiary/aromatic N) is 2. The molecule has 7 heteroatoms. The lowest BCUT2D eigenvalue weighted by atomic mass is 10.3. The summed E-state index contributed by atoms with van der Waals surface area (Å²) in [6, 6.07) is 3.69. The minimum atomic E-state index is -0.205. The molecule has 1 aliphatic heterocycles. The van der Waals surface area contributed by atoms with Gasteiger partial charge in [-0.05, 0) is 19.1 Å². The average molecular weight is 265 g/mol. The Morgan fingerprint density at radius 3 is 3.05 bits per heavy atom. The molecule has 0 spiro atoms. The smallest absolute Gasteiger partial charge is 0.271 e. The van der Waals surface area contributed by atoms with Crippen LogP contribution in [0, 0.1) is 0 Å². The Bertz CT molecular complexity index is 403. The van der Waals surface area contributed by atoms with Gasteiger partial charge in [0.15, 0.2) is 5.69 Å². The second kappa shape index (κ2) is 7.01. The third-order valence-electron chi connectivity index (χ3n) is 2.76. The van der Waals surface area contributed by atoms with E-state index in [2.05, 4.69) is 26.1 Å². The second-order valence-corrected chi connectivity index (χ2v) is 4.27. The zero-order valence-electron chi connectivity index (χ0n) is 11.0. The number of ether oxygens (including phenoxy) is 1. The van der Waals surface area contributed by atoms with Gasteiger partial charge >= 0.3 is 0 Å². The molecule has 0 aliphatic carbocycles. The first-order valence-electron chi connectivity index (χ1n) is 6.46. The van der Waals surface area contributed by atoms with Crippen molar-refractivity contribution in [3.63, 3.8) is 0 Å². The number of carbonyl (C=O) groups excluding carboxylic acids is 1. The summed E-state index contributed by atoms with van der Waals surface area (Å²) in [5.74, 6) is 0.448. The molecule has 104 valence electrons. The molecular formula is C12H19N5O2. The van der Waals surface area contributed by atoms with Gasteiger partial charge in [-0.3, -0.25) is 4.79 Å². The van der Waals surface area contributed by atoms with Crippen molar-refractivity contribution in [2.75, 3.05) is 38.2 Å². The first-order valence-corrected chi connectivity index (χ1v) is 6.46. The Morgan fingerprint density at radius 1 is 1.53 bits per heavy atom. The lowest BCUT2D eigenvalue weighted by molar-refractivity contribution is 0.0806. The van der Waals surface area contributed by atoms with Crippen LogP contribution in [-0.4, -0.2) is 55.0 Å². The summed E-state index contributed by atoms with van der Waals surface area (Å²) in [7, 11) is 0. The average Bonchev–Trinajstić information content (AvgIpc) is 2.47. The number of rotatable bonds is 5. The molecule has 7 nitrogen and oxygen atoms in total. The highest BCUT2D eigenvalue weighted by Gasteiger charge is 2.13. The van der Waals surface area contributed by atoms with Gasteiger partial charge in [0.2, 0.25) is 0 Å². The summed E-state index contributed by atoms with van der Waals surface area (Å²) in [5.41, 5.74) is 0.325. The molecule has 3 N–H and O–H groups in total. The van der Waals surface area contributed by atoms with Gasteiger partial charge in [0.05, 0.1) is 13.2 Å². The van der Waals surface area contributed by atoms with E-state index in [1.807, 2.05) is 6.92 Å². The van der Waals surface area contributed by atoms with Gasteiger partial charge in [0.1, 0.15) is 5.82 Å². The summed E-state index contributed by atoms with van der Waals surface area (Å²) >= 11 is 0. The number of carbonyl (C=O) groups is 1. The number of anilines is 1. The van der Waals surface area contributed by atoms with Crippen molar-refractivity contribution in [1.29, 1.82) is 0 Å². The van der Waals surface area contributed by atoms with Crippen LogP contribution in [0.25, 0.3) is 0 Å². The van der Waals surface area contributed by atoms with Gasteiger partial charge < -0.3 is 20.7 Å². The van der Waals surface area contributed by atoms with Crippen molar-refractivity contribution in [3.05, 3.63) is 17.8 Å². The maximum absolute atomic E-state index is 11.5. The summed E-state index contributed by atoms with van der Waals surface area (Å²) < 4.78 is 5.36. The fourth-order valence-electron chi connectivity index (χ4n) is 1.78. The Kier molecular flexibility index (Phi) is 5.05. The number of morpholine rings is 1. The zero-order valence-corrected chi connectivity index (χ0v) is 11.0. The third kappa shape index (κ3) is 4.15. The van der Waals surface area contributed by atoms with E-state index in [-0.39, 0.29) is 11.9 Å². The number of hydrogen-bond donors (Lipinski definition) is 3. The molecule has 1 atom stereocenters. The monoisotopic (exact) mass is 265 g/mol. The van der Waals surface area contributed by atoms with E-state index in [9.17, 15) is 4.79 Å². The van der Waals surface area contributed by atoms with Gasteiger partial charge in [0, 0.05) is 25.7 Å². The Morgan fingerprint density at radius 2 is 2.42 bits per heavy atom. The topological polar surface area (TPSA) is 88.2 Å². The summed E-state index contributed by atoms with van der Waals surface area (Å²) in [5, 5.41) is 17.0. The summed E-state index contributed by atoms with van der Waals surface area (Å²) in [6.07, 6.45) is 0. The van der Waals surface area contributed by atoms with Gasteiger partial charge in [-0.2, -0.15) is 0 Å². The molecule has 1 aliphatic rings. The molecule has 19 heavy (non-hydrogen) atoms. The van der Waals surface area contributed by atoms with Gasteiger partial charge in [-0.25, -0.2) is 0 Å². The molecule has 2 heterocycles. The van der Waals surface area contributed by atoms with Crippen LogP contribution in [-0.2, 0) is 4.74 Å². The fraction of sp³-hybridized carbons (Fsp3) is 0.583. The molecule has 1 aromatic rings. The molecule has 1 aromatic heterocycles. The van der Waals surface area contributed by atoms with Gasteiger partial charge in [-0.15, -0.1) is 10.2 Å². The predicted molar refractivity (Wildman–Crippen MR) is 71.1 cm³/mol. The highest BCUT2D eigenvalue weighted by molar-refractivity contribution is 5.92. The standard InChI is InChI=1S/C12H19N5O2/c1-2-13-12(18)10-3-4-11(17-16-10)15-7-9-8-19-6-5-14-9/h3-4,9,14H,2,5-8H2,1H3,(H,13,18)(H,15,17). The van der Waals surface area contributed by atoms with Crippen molar-refractivity contribution in [2.24, 2.45) is 0 Å². The normalized spacial score (nSPS) is 18.9. The minimum absolute atomic E-state index is 0.205. The highest BCUT2D eigenvalue weighted by Crippen LogP contribution is 2.03. The summed E-state index contributed by atoms with van der Waals surface area (Å²) in [4.78, 5) is 11.5. The molecule has 0 aromatic carbocycles. The molecule has 1 fully saturated rings. The molecule has 2 rings (SSSR count). The summed E-state index contributed by atoms with van der Waals surface area (Å²) in [6.45, 7) is 5.48. The van der Waals surface area contributed by atoms with Crippen molar-refractivity contribution >= 4 is 11.7 Å². The van der Waals surface area contributed by atoms with Crippen LogP contribution in [0.3, 0.4) is 0 Å². The van der Waals surface area contributed by atoms with Crippen LogP contribution in [0.15, 0.2) is 12.1 Å². The van der Waals surface area contributed by atoms with E-state index in [1.165, 1.54) is 0 Å². The van der Waals surface area contributed by atoms with Gasteiger partial charge in [-0.1, -0.05) is 0 Å². The van der Waals surface area contributed by atoms with Crippen LogP contribution >= 0.6 is 0 Å². The van der Waals surface area contributed by atoms with E-state index in [1.54, 1.807) is 12.1 Å². The van der Waals surface area contributed by atoms with E-state index >= 15 is 0 Å². The van der Waals surface area contributed by atoms with Crippen LogP contribution in [0.5, 0.6) is 0 Å². The fourth-order valence-corrected chi connectivity index (χ4v) is 1.78. The van der Waals surface area contributed by atoms with Crippen LogP contribution in [0.1, 0.15) is 17.4 Å². The molecule has 0 radical (unpaired) electrons. The lowest BCUT2D eigenvalue weighted by Crippen LogP contribution is -2.45. The predicted octanol–water partition coefficient (Wildman–Crippen LogP) is -0.373. The van der Waals surface area contributed by atoms with E-state index in [4.69, 9.17) is 4.74 Å². The lowest BCUT2D eigenvalue weighted by Gasteiger charge is -2.23. The number of nitrogens with one attached hydrogen (secondary N) is 3. The molecule has 1 amide bonds. The maximum Gasteiger partial charge on any atom is 0.271 e. The van der Waals surface area contributed by atoms with Crippen molar-refractivity contribution in [2.45, 2.75) is 13.0 Å². The van der Waals surface area contributed by atoms with E-state index in [0.29, 0.717) is 24.7 Å². The van der Waals surface area contributed by atoms with Gasteiger partial charge in [0.25, 0.3) is 5.91 Å². The molecular weight excluding hydrogens is 246 g/mol. The minimum Gasteiger partial charge on any atom is -0.378 e. The van der Waals surface area contributed by atoms with E-state index < -0.39 is 0 Å². The SMILES string of the molecule is CCNC(=O)c1ccc(NCC2COCCN2)nn1. The number of amides is 1. The third-order valence-corrected chi connectivity index (χ3v) is 2.76.